The van der Waals surface area contributed by atoms with Crippen LogP contribution in [0.2, 0.25) is 0 Å². The lowest BCUT2D eigenvalue weighted by atomic mass is 10.0. The van der Waals surface area contributed by atoms with Gasteiger partial charge in [0, 0.05) is 22.3 Å². The molecular weight excluding hydrogens is 552 g/mol. The molecule has 1 aliphatic heterocycles. The van der Waals surface area contributed by atoms with Gasteiger partial charge in [0.2, 0.25) is 0 Å². The summed E-state index contributed by atoms with van der Waals surface area (Å²) in [6.45, 7) is 3.52. The van der Waals surface area contributed by atoms with E-state index >= 15 is 0 Å². The molecule has 0 fully saturated rings. The van der Waals surface area contributed by atoms with Gasteiger partial charge in [-0.25, -0.2) is 0 Å². The molecule has 2 bridgehead atoms. The summed E-state index contributed by atoms with van der Waals surface area (Å²) in [4.78, 5) is 0. The van der Waals surface area contributed by atoms with Crippen molar-refractivity contribution in [1.82, 2.24) is 0 Å². The number of phenols is 1. The van der Waals surface area contributed by atoms with Gasteiger partial charge in [0.1, 0.15) is 11.9 Å². The molecule has 1 unspecified atom stereocenters. The van der Waals surface area contributed by atoms with Crippen molar-refractivity contribution in [1.29, 1.82) is 0 Å². The summed E-state index contributed by atoms with van der Waals surface area (Å²) in [5.74, 6) is 6.54. The SMILES string of the molecule is C#C.Oc1c2cc(C#Cc3ccccc3)cc1COCC(c1ccccc1)OCCOCCOCCOC2.c1ccccc1. The standard InChI is InChI=1S/C30H32O6.C6H6.C2H2/c31-30-27-19-25(12-11-24-7-3-1-4-8-24)20-28(30)22-35-23-29(26-9-5-2-6-10-26)36-18-17-33-14-13-32-15-16-34-21-27;1-2-4-6-5-3-1;1-2/h1-10,19-20,29,31H,13-18,21-23H2;1-6H;1-2H. The summed E-state index contributed by atoms with van der Waals surface area (Å²) in [5.41, 5.74) is 4.05. The Morgan fingerprint density at radius 3 is 1.59 bits per heavy atom. The number of rotatable bonds is 1. The number of terminal acetylenes is 1. The van der Waals surface area contributed by atoms with Gasteiger partial charge < -0.3 is 28.8 Å². The summed E-state index contributed by atoms with van der Waals surface area (Å²) in [6, 6.07) is 35.5. The van der Waals surface area contributed by atoms with Crippen LogP contribution in [0.1, 0.15) is 33.9 Å². The van der Waals surface area contributed by atoms with Gasteiger partial charge >= 0.3 is 0 Å². The van der Waals surface area contributed by atoms with Crippen LogP contribution in [0.5, 0.6) is 5.75 Å². The van der Waals surface area contributed by atoms with Crippen LogP contribution in [0, 0.1) is 24.7 Å². The lowest BCUT2D eigenvalue weighted by molar-refractivity contribution is -0.0511. The van der Waals surface area contributed by atoms with Crippen molar-refractivity contribution in [2.24, 2.45) is 0 Å². The molecule has 1 heterocycles. The molecule has 0 aliphatic carbocycles. The first kappa shape index (κ1) is 34.1. The Labute approximate surface area is 261 Å². The molecule has 6 nitrogen and oxygen atoms in total. The number of fused-ring (bicyclic) bond motifs is 2. The zero-order chi connectivity index (χ0) is 31.1. The normalized spacial score (nSPS) is 16.1. The Morgan fingerprint density at radius 1 is 0.545 bits per heavy atom. The molecule has 0 amide bonds. The molecule has 4 aromatic rings. The fourth-order valence-electron chi connectivity index (χ4n) is 4.16. The molecule has 4 aromatic carbocycles. The highest BCUT2D eigenvalue weighted by molar-refractivity contribution is 5.50. The van der Waals surface area contributed by atoms with Gasteiger partial charge in [-0.15, -0.1) is 12.8 Å². The van der Waals surface area contributed by atoms with Crippen LogP contribution >= 0.6 is 0 Å². The molecular formula is C38H40O6. The van der Waals surface area contributed by atoms with Gasteiger partial charge in [0.25, 0.3) is 0 Å². The lowest BCUT2D eigenvalue weighted by Gasteiger charge is -2.19. The molecule has 0 saturated carbocycles. The predicted molar refractivity (Wildman–Crippen MR) is 173 cm³/mol. The zero-order valence-electron chi connectivity index (χ0n) is 25.0. The lowest BCUT2D eigenvalue weighted by Crippen LogP contribution is -2.17. The van der Waals surface area contributed by atoms with Crippen LogP contribution in [0.4, 0.5) is 0 Å². The number of phenolic OH excluding ortho intramolecular Hbond substituents is 1. The van der Waals surface area contributed by atoms with E-state index in [0.29, 0.717) is 57.4 Å². The summed E-state index contributed by atoms with van der Waals surface area (Å²) in [7, 11) is 0. The third-order valence-electron chi connectivity index (χ3n) is 6.31. The van der Waals surface area contributed by atoms with Crippen LogP contribution in [-0.2, 0) is 36.9 Å². The Balaban J connectivity index is 0.000000582. The van der Waals surface area contributed by atoms with Crippen molar-refractivity contribution in [3.05, 3.63) is 137 Å². The maximum atomic E-state index is 10.9. The van der Waals surface area contributed by atoms with E-state index in [0.717, 1.165) is 16.7 Å². The Hall–Kier alpha value is -4.40. The maximum absolute atomic E-state index is 10.9. The van der Waals surface area contributed by atoms with Gasteiger partial charge in [0.15, 0.2) is 0 Å². The Kier molecular flexibility index (Phi) is 16.5. The second kappa shape index (κ2) is 21.3. The minimum atomic E-state index is -0.254. The fraction of sp³-hybridized carbons (Fsp3) is 0.263. The maximum Gasteiger partial charge on any atom is 0.126 e. The van der Waals surface area contributed by atoms with E-state index in [9.17, 15) is 5.11 Å². The van der Waals surface area contributed by atoms with E-state index < -0.39 is 0 Å². The smallest absolute Gasteiger partial charge is 0.126 e. The minimum Gasteiger partial charge on any atom is -0.507 e. The molecule has 228 valence electrons. The fourth-order valence-corrected chi connectivity index (χ4v) is 4.16. The van der Waals surface area contributed by atoms with Crippen molar-refractivity contribution < 1.29 is 28.8 Å². The average Bonchev–Trinajstić information content (AvgIpc) is 3.09. The molecule has 0 radical (unpaired) electrons. The van der Waals surface area contributed by atoms with E-state index in [-0.39, 0.29) is 25.1 Å². The molecule has 0 aromatic heterocycles. The molecule has 0 spiro atoms. The van der Waals surface area contributed by atoms with Crippen LogP contribution < -0.4 is 0 Å². The van der Waals surface area contributed by atoms with E-state index in [2.05, 4.69) is 24.7 Å². The van der Waals surface area contributed by atoms with Gasteiger partial charge in [-0.2, -0.15) is 0 Å². The Morgan fingerprint density at radius 2 is 1.00 bits per heavy atom. The first-order chi connectivity index (χ1) is 21.8. The van der Waals surface area contributed by atoms with Crippen molar-refractivity contribution >= 4 is 0 Å². The average molecular weight is 593 g/mol. The molecule has 1 aliphatic rings. The monoisotopic (exact) mass is 592 g/mol. The third kappa shape index (κ3) is 12.9. The number of ether oxygens (including phenoxy) is 5. The summed E-state index contributed by atoms with van der Waals surface area (Å²) in [6.07, 6.45) is 7.75. The topological polar surface area (TPSA) is 66.4 Å². The molecule has 1 atom stereocenters. The number of aromatic hydroxyl groups is 1. The van der Waals surface area contributed by atoms with E-state index in [1.165, 1.54) is 0 Å². The van der Waals surface area contributed by atoms with Gasteiger partial charge in [-0.1, -0.05) is 96.8 Å². The summed E-state index contributed by atoms with van der Waals surface area (Å²) in [5, 5.41) is 10.9. The van der Waals surface area contributed by atoms with Gasteiger partial charge in [0.05, 0.1) is 59.5 Å². The summed E-state index contributed by atoms with van der Waals surface area (Å²) < 4.78 is 29.1. The first-order valence-electron chi connectivity index (χ1n) is 14.5. The number of hydrogen-bond donors (Lipinski definition) is 1. The van der Waals surface area contributed by atoms with Crippen LogP contribution in [0.25, 0.3) is 0 Å². The van der Waals surface area contributed by atoms with Crippen molar-refractivity contribution in [3.63, 3.8) is 0 Å². The second-order valence-corrected chi connectivity index (χ2v) is 9.48. The van der Waals surface area contributed by atoms with Crippen LogP contribution in [-0.4, -0.2) is 51.4 Å². The number of benzene rings is 4. The van der Waals surface area contributed by atoms with Crippen molar-refractivity contribution in [2.75, 3.05) is 46.2 Å². The van der Waals surface area contributed by atoms with Crippen LogP contribution in [0.15, 0.2) is 109 Å². The summed E-state index contributed by atoms with van der Waals surface area (Å²) >= 11 is 0. The highest BCUT2D eigenvalue weighted by Gasteiger charge is 2.15. The largest absolute Gasteiger partial charge is 0.507 e. The van der Waals surface area contributed by atoms with Gasteiger partial charge in [-0.3, -0.25) is 0 Å². The van der Waals surface area contributed by atoms with E-state index in [4.69, 9.17) is 23.7 Å². The molecule has 5 rings (SSSR count). The molecule has 44 heavy (non-hydrogen) atoms. The second-order valence-electron chi connectivity index (χ2n) is 9.48. The highest BCUT2D eigenvalue weighted by atomic mass is 16.6. The first-order valence-corrected chi connectivity index (χ1v) is 14.5. The van der Waals surface area contributed by atoms with Crippen molar-refractivity contribution in [2.45, 2.75) is 19.3 Å². The third-order valence-corrected chi connectivity index (χ3v) is 6.31. The quantitative estimate of drug-likeness (QED) is 0.253. The molecule has 0 saturated heterocycles. The predicted octanol–water partition coefficient (Wildman–Crippen LogP) is 6.57. The van der Waals surface area contributed by atoms with E-state index in [1.54, 1.807) is 0 Å². The number of hydrogen-bond acceptors (Lipinski definition) is 6. The van der Waals surface area contributed by atoms with Crippen LogP contribution in [0.3, 0.4) is 0 Å². The Bertz CT molecular complexity index is 1370. The minimum absolute atomic E-state index is 0.160. The van der Waals surface area contributed by atoms with E-state index in [1.807, 2.05) is 109 Å². The zero-order valence-corrected chi connectivity index (χ0v) is 25.0. The van der Waals surface area contributed by atoms with Gasteiger partial charge in [-0.05, 0) is 29.8 Å². The van der Waals surface area contributed by atoms with Crippen molar-refractivity contribution in [3.8, 4) is 30.4 Å². The molecule has 6 heteroatoms. The molecule has 1 N–H and O–H groups in total. The highest BCUT2D eigenvalue weighted by Crippen LogP contribution is 2.27.